The van der Waals surface area contributed by atoms with Crippen molar-refractivity contribution in [3.8, 4) is 6.07 Å². The van der Waals surface area contributed by atoms with Crippen molar-refractivity contribution in [3.63, 3.8) is 0 Å². The number of aromatic nitrogens is 3. The predicted octanol–water partition coefficient (Wildman–Crippen LogP) is 2.85. The molecule has 0 aliphatic heterocycles. The van der Waals surface area contributed by atoms with Gasteiger partial charge in [0.1, 0.15) is 0 Å². The number of nitriles is 1. The Balaban J connectivity index is 1.86. The van der Waals surface area contributed by atoms with Gasteiger partial charge in [-0.3, -0.25) is 4.79 Å². The molecule has 2 heterocycles. The molecule has 3 aromatic rings. The third kappa shape index (κ3) is 3.31. The maximum atomic E-state index is 12.1. The number of hydrogen-bond donors (Lipinski definition) is 1. The summed E-state index contributed by atoms with van der Waals surface area (Å²) in [4.78, 5) is 16.8. The zero-order valence-corrected chi connectivity index (χ0v) is 14.7. The van der Waals surface area contributed by atoms with Gasteiger partial charge in [0.05, 0.1) is 18.0 Å². The predicted molar refractivity (Wildman–Crippen MR) is 96.1 cm³/mol. The van der Waals surface area contributed by atoms with Crippen molar-refractivity contribution < 1.29 is 4.79 Å². The van der Waals surface area contributed by atoms with E-state index in [1.807, 2.05) is 49.6 Å². The average molecular weight is 335 g/mol. The van der Waals surface area contributed by atoms with Crippen LogP contribution in [0.25, 0.3) is 16.6 Å². The van der Waals surface area contributed by atoms with Crippen molar-refractivity contribution in [1.82, 2.24) is 19.9 Å². The van der Waals surface area contributed by atoms with Gasteiger partial charge in [-0.2, -0.15) is 10.4 Å². The first-order valence-corrected chi connectivity index (χ1v) is 8.41. The minimum Gasteiger partial charge on any atom is -0.353 e. The molecular formula is C19H21N5O. The Hall–Kier alpha value is -2.94. The van der Waals surface area contributed by atoms with Crippen LogP contribution in [0.5, 0.6) is 0 Å². The van der Waals surface area contributed by atoms with Gasteiger partial charge in [-0.15, -0.1) is 0 Å². The maximum Gasteiger partial charge on any atom is 0.220 e. The van der Waals surface area contributed by atoms with Crippen molar-refractivity contribution in [2.75, 3.05) is 0 Å². The Morgan fingerprint density at radius 3 is 2.88 bits per heavy atom. The van der Waals surface area contributed by atoms with E-state index in [0.717, 1.165) is 33.5 Å². The summed E-state index contributed by atoms with van der Waals surface area (Å²) in [5.41, 5.74) is 4.74. The number of amides is 1. The molecule has 0 radical (unpaired) electrons. The SMILES string of the molecule is Cc1nc2c3ccccc3nn2c(C)c1CCC(=O)NC(C)CC#N. The van der Waals surface area contributed by atoms with Gasteiger partial charge in [0.15, 0.2) is 5.65 Å². The average Bonchev–Trinajstić information content (AvgIpc) is 2.94. The van der Waals surface area contributed by atoms with E-state index in [0.29, 0.717) is 19.3 Å². The summed E-state index contributed by atoms with van der Waals surface area (Å²) in [6, 6.07) is 9.88. The Morgan fingerprint density at radius 1 is 1.36 bits per heavy atom. The van der Waals surface area contributed by atoms with Crippen molar-refractivity contribution in [3.05, 3.63) is 41.2 Å². The molecule has 0 fully saturated rings. The largest absolute Gasteiger partial charge is 0.353 e. The first-order valence-electron chi connectivity index (χ1n) is 8.41. The number of rotatable bonds is 5. The van der Waals surface area contributed by atoms with Gasteiger partial charge in [-0.05, 0) is 44.9 Å². The summed E-state index contributed by atoms with van der Waals surface area (Å²) in [5, 5.41) is 17.2. The van der Waals surface area contributed by atoms with Crippen LogP contribution in [0, 0.1) is 25.2 Å². The first-order chi connectivity index (χ1) is 12.0. The molecule has 0 aliphatic carbocycles. The highest BCUT2D eigenvalue weighted by atomic mass is 16.1. The van der Waals surface area contributed by atoms with E-state index < -0.39 is 0 Å². The number of aryl methyl sites for hydroxylation is 2. The first kappa shape index (κ1) is 16.9. The van der Waals surface area contributed by atoms with Crippen LogP contribution < -0.4 is 5.32 Å². The Morgan fingerprint density at radius 2 is 2.12 bits per heavy atom. The fourth-order valence-corrected chi connectivity index (χ4v) is 3.11. The van der Waals surface area contributed by atoms with Crippen molar-refractivity contribution in [2.24, 2.45) is 0 Å². The van der Waals surface area contributed by atoms with E-state index >= 15 is 0 Å². The normalized spacial score (nSPS) is 12.2. The molecule has 0 spiro atoms. The fraction of sp³-hybridized carbons (Fsp3) is 0.368. The second-order valence-corrected chi connectivity index (χ2v) is 6.34. The molecule has 2 aromatic heterocycles. The molecule has 3 rings (SSSR count). The van der Waals surface area contributed by atoms with Crippen LogP contribution in [0.15, 0.2) is 24.3 Å². The summed E-state index contributed by atoms with van der Waals surface area (Å²) >= 11 is 0. The molecule has 1 unspecified atom stereocenters. The zero-order chi connectivity index (χ0) is 18.0. The van der Waals surface area contributed by atoms with Gasteiger partial charge in [-0.25, -0.2) is 9.50 Å². The lowest BCUT2D eigenvalue weighted by atomic mass is 10.1. The number of fused-ring (bicyclic) bond motifs is 3. The van der Waals surface area contributed by atoms with Gasteiger partial charge < -0.3 is 5.32 Å². The molecule has 1 aromatic carbocycles. The minimum atomic E-state index is -0.128. The summed E-state index contributed by atoms with van der Waals surface area (Å²) < 4.78 is 1.86. The van der Waals surface area contributed by atoms with Crippen LogP contribution in [0.2, 0.25) is 0 Å². The fourth-order valence-electron chi connectivity index (χ4n) is 3.11. The Labute approximate surface area is 146 Å². The lowest BCUT2D eigenvalue weighted by Gasteiger charge is -2.13. The van der Waals surface area contributed by atoms with Crippen molar-refractivity contribution >= 4 is 22.5 Å². The van der Waals surface area contributed by atoms with Crippen LogP contribution in [0.1, 0.15) is 36.7 Å². The van der Waals surface area contributed by atoms with Crippen LogP contribution >= 0.6 is 0 Å². The van der Waals surface area contributed by atoms with Gasteiger partial charge in [0.25, 0.3) is 0 Å². The van der Waals surface area contributed by atoms with Crippen LogP contribution in [0.4, 0.5) is 0 Å². The molecule has 0 bridgehead atoms. The van der Waals surface area contributed by atoms with Gasteiger partial charge in [-0.1, -0.05) is 12.1 Å². The van der Waals surface area contributed by atoms with E-state index in [9.17, 15) is 4.79 Å². The Kier molecular flexibility index (Phi) is 4.66. The number of benzene rings is 1. The number of carbonyl (C=O) groups excluding carboxylic acids is 1. The lowest BCUT2D eigenvalue weighted by Crippen LogP contribution is -2.32. The van der Waals surface area contributed by atoms with E-state index in [1.165, 1.54) is 0 Å². The van der Waals surface area contributed by atoms with Gasteiger partial charge >= 0.3 is 0 Å². The standard InChI is InChI=1S/C19H21N5O/c1-12(10-11-20)21-18(25)9-8-15-13(2)22-19-16-6-4-5-7-17(16)23-24(19)14(15)3/h4-7,12H,8-10H2,1-3H3,(H,21,25). The number of nitrogens with zero attached hydrogens (tertiary/aromatic N) is 4. The molecule has 6 heteroatoms. The highest BCUT2D eigenvalue weighted by molar-refractivity contribution is 5.92. The minimum absolute atomic E-state index is 0.0488. The van der Waals surface area contributed by atoms with Crippen LogP contribution in [0.3, 0.4) is 0 Å². The summed E-state index contributed by atoms with van der Waals surface area (Å²) in [5.74, 6) is -0.0488. The molecule has 128 valence electrons. The maximum absolute atomic E-state index is 12.1. The third-order valence-corrected chi connectivity index (χ3v) is 4.43. The molecule has 1 atom stereocenters. The highest BCUT2D eigenvalue weighted by Gasteiger charge is 2.15. The second-order valence-electron chi connectivity index (χ2n) is 6.34. The Bertz CT molecular complexity index is 983. The van der Waals surface area contributed by atoms with E-state index in [4.69, 9.17) is 10.2 Å². The van der Waals surface area contributed by atoms with Gasteiger partial charge in [0.2, 0.25) is 5.91 Å². The molecule has 0 saturated carbocycles. The van der Waals surface area contributed by atoms with Gasteiger partial charge in [0, 0.05) is 29.2 Å². The summed E-state index contributed by atoms with van der Waals surface area (Å²) in [6.07, 6.45) is 1.28. The molecule has 0 aliphatic rings. The van der Waals surface area contributed by atoms with Crippen molar-refractivity contribution in [1.29, 1.82) is 5.26 Å². The van der Waals surface area contributed by atoms with Crippen LogP contribution in [-0.4, -0.2) is 26.5 Å². The third-order valence-electron chi connectivity index (χ3n) is 4.43. The molecule has 1 N–H and O–H groups in total. The number of hydrogen-bond acceptors (Lipinski definition) is 4. The molecule has 6 nitrogen and oxygen atoms in total. The number of carbonyl (C=O) groups is 1. The molecule has 1 amide bonds. The van der Waals surface area contributed by atoms with E-state index in [1.54, 1.807) is 0 Å². The zero-order valence-electron chi connectivity index (χ0n) is 14.7. The smallest absolute Gasteiger partial charge is 0.220 e. The quantitative estimate of drug-likeness (QED) is 0.777. The topological polar surface area (TPSA) is 83.1 Å². The molecule has 0 saturated heterocycles. The second kappa shape index (κ2) is 6.89. The summed E-state index contributed by atoms with van der Waals surface area (Å²) in [7, 11) is 0. The lowest BCUT2D eigenvalue weighted by molar-refractivity contribution is -0.121. The highest BCUT2D eigenvalue weighted by Crippen LogP contribution is 2.22. The molecule has 25 heavy (non-hydrogen) atoms. The van der Waals surface area contributed by atoms with Crippen LogP contribution in [-0.2, 0) is 11.2 Å². The van der Waals surface area contributed by atoms with E-state index in [2.05, 4.69) is 16.5 Å². The van der Waals surface area contributed by atoms with Crippen molar-refractivity contribution in [2.45, 2.75) is 46.1 Å². The number of nitrogens with one attached hydrogen (secondary N) is 1. The van der Waals surface area contributed by atoms with E-state index in [-0.39, 0.29) is 11.9 Å². The monoisotopic (exact) mass is 335 g/mol. The summed E-state index contributed by atoms with van der Waals surface area (Å²) in [6.45, 7) is 5.82. The molecular weight excluding hydrogens is 314 g/mol.